The van der Waals surface area contributed by atoms with Crippen LogP contribution in [-0.2, 0) is 0 Å². The fourth-order valence-corrected chi connectivity index (χ4v) is 5.92. The quantitative estimate of drug-likeness (QED) is 0.0912. The fourth-order valence-electron chi connectivity index (χ4n) is 5.92. The molecule has 47 heavy (non-hydrogen) atoms. The number of unbranched alkanes of at least 4 members (excludes halogenated alkanes) is 2. The predicted molar refractivity (Wildman–Crippen MR) is 163 cm³/mol. The molecule has 0 bridgehead atoms. The molecule has 1 aliphatic carbocycles. The van der Waals surface area contributed by atoms with E-state index in [-0.39, 0.29) is 29.3 Å². The lowest BCUT2D eigenvalue weighted by atomic mass is 9.77. The first-order chi connectivity index (χ1) is 22.4. The zero-order chi connectivity index (χ0) is 33.7. The molecule has 0 saturated heterocycles. The summed E-state index contributed by atoms with van der Waals surface area (Å²) in [5, 5.41) is 0. The molecule has 4 aromatic rings. The van der Waals surface area contributed by atoms with Gasteiger partial charge in [-0.2, -0.15) is 8.78 Å². The Morgan fingerprint density at radius 1 is 0.766 bits per heavy atom. The highest BCUT2D eigenvalue weighted by molar-refractivity contribution is 5.70. The average molecular weight is 661 g/mol. The second kappa shape index (κ2) is 14.6. The highest BCUT2D eigenvalue weighted by Crippen LogP contribution is 2.38. The predicted octanol–water partition coefficient (Wildman–Crippen LogP) is 11.2. The molecule has 1 fully saturated rings. The number of ether oxygens (including phenoxy) is 1. The Kier molecular flexibility index (Phi) is 10.6. The summed E-state index contributed by atoms with van der Waals surface area (Å²) in [5.74, 6) is -8.40. The van der Waals surface area contributed by atoms with Crippen LogP contribution < -0.4 is 4.74 Å². The minimum absolute atomic E-state index is 0.0480. The molecule has 0 unspecified atom stereocenters. The third-order valence-corrected chi connectivity index (χ3v) is 8.48. The number of aromatic nitrogens is 2. The second-order valence-corrected chi connectivity index (χ2v) is 11.8. The molecular formula is C36H32F8N2O. The van der Waals surface area contributed by atoms with Crippen molar-refractivity contribution in [2.45, 2.75) is 70.3 Å². The summed E-state index contributed by atoms with van der Waals surface area (Å²) < 4.78 is 117. The van der Waals surface area contributed by atoms with E-state index in [1.165, 1.54) is 50.7 Å². The van der Waals surface area contributed by atoms with Gasteiger partial charge in [-0.05, 0) is 72.9 Å². The highest BCUT2D eigenvalue weighted by Gasteiger charge is 2.29. The van der Waals surface area contributed by atoms with Crippen molar-refractivity contribution in [3.8, 4) is 28.3 Å². The van der Waals surface area contributed by atoms with Crippen molar-refractivity contribution >= 4 is 6.08 Å². The van der Waals surface area contributed by atoms with E-state index in [0.29, 0.717) is 23.4 Å². The van der Waals surface area contributed by atoms with Crippen molar-refractivity contribution in [2.75, 3.05) is 0 Å². The number of halogens is 8. The van der Waals surface area contributed by atoms with Gasteiger partial charge in [-0.15, -0.1) is 0 Å². The number of nitrogens with zero attached hydrogens (tertiary/aromatic N) is 2. The minimum atomic E-state index is -4.29. The number of hydrogen-bond acceptors (Lipinski definition) is 3. The van der Waals surface area contributed by atoms with Crippen LogP contribution in [0.1, 0.15) is 75.3 Å². The normalized spacial score (nSPS) is 17.0. The third kappa shape index (κ3) is 8.36. The summed E-state index contributed by atoms with van der Waals surface area (Å²) in [6.07, 6.45) is 9.13. The Morgan fingerprint density at radius 2 is 1.38 bits per heavy atom. The molecule has 1 heterocycles. The molecule has 0 aliphatic heterocycles. The average Bonchev–Trinajstić information content (AvgIpc) is 3.03. The molecule has 3 aromatic carbocycles. The fraction of sp³-hybridized carbons (Fsp3) is 0.333. The van der Waals surface area contributed by atoms with E-state index in [9.17, 15) is 30.7 Å². The molecule has 0 N–H and O–H groups in total. The van der Waals surface area contributed by atoms with Gasteiger partial charge < -0.3 is 4.74 Å². The first kappa shape index (κ1) is 34.1. The molecule has 248 valence electrons. The Hall–Kier alpha value is -4.28. The van der Waals surface area contributed by atoms with Crippen molar-refractivity contribution in [1.29, 1.82) is 0 Å². The van der Waals surface area contributed by atoms with Crippen molar-refractivity contribution in [1.82, 2.24) is 9.97 Å². The summed E-state index contributed by atoms with van der Waals surface area (Å²) in [6.45, 7) is 2.21. The second-order valence-electron chi connectivity index (χ2n) is 11.8. The third-order valence-electron chi connectivity index (χ3n) is 8.48. The molecular weight excluding hydrogens is 628 g/mol. The Morgan fingerprint density at radius 3 is 1.98 bits per heavy atom. The van der Waals surface area contributed by atoms with Crippen molar-refractivity contribution < 1.29 is 39.9 Å². The van der Waals surface area contributed by atoms with E-state index < -0.39 is 52.3 Å². The molecule has 5 rings (SSSR count). The van der Waals surface area contributed by atoms with Gasteiger partial charge in [-0.1, -0.05) is 44.7 Å². The highest BCUT2D eigenvalue weighted by atomic mass is 19.3. The van der Waals surface area contributed by atoms with Crippen LogP contribution in [0, 0.1) is 40.8 Å². The van der Waals surface area contributed by atoms with E-state index in [2.05, 4.69) is 21.6 Å². The monoisotopic (exact) mass is 660 g/mol. The first-order valence-electron chi connectivity index (χ1n) is 15.5. The maximum Gasteiger partial charge on any atom is 0.419 e. The van der Waals surface area contributed by atoms with E-state index in [1.807, 2.05) is 0 Å². The number of benzene rings is 3. The smallest absolute Gasteiger partial charge is 0.419 e. The standard InChI is InChI=1S/C36H32F8N2O/c1-2-3-4-5-21-6-8-22(9-7-21)25-19-45-35(46-20-25)23-10-11-27(29(37)14-23)24-15-30(38)28(31(39)16-24)12-13-36(43,44)47-26-17-32(40)34(42)33(41)18-26/h10-22H,2-9H2,1H3. The molecule has 0 amide bonds. The number of rotatable bonds is 11. The Balaban J connectivity index is 1.26. The van der Waals surface area contributed by atoms with E-state index in [4.69, 9.17) is 0 Å². The summed E-state index contributed by atoms with van der Waals surface area (Å²) >= 11 is 0. The maximum absolute atomic E-state index is 15.2. The van der Waals surface area contributed by atoms with Crippen LogP contribution >= 0.6 is 0 Å². The van der Waals surface area contributed by atoms with Crippen LogP contribution in [0.2, 0.25) is 0 Å². The van der Waals surface area contributed by atoms with E-state index in [0.717, 1.165) is 42.5 Å². The zero-order valence-corrected chi connectivity index (χ0v) is 25.5. The van der Waals surface area contributed by atoms with Crippen LogP contribution in [0.4, 0.5) is 35.1 Å². The summed E-state index contributed by atoms with van der Waals surface area (Å²) in [7, 11) is 0. The van der Waals surface area contributed by atoms with Crippen LogP contribution in [0.3, 0.4) is 0 Å². The summed E-state index contributed by atoms with van der Waals surface area (Å²) in [4.78, 5) is 8.87. The number of alkyl halides is 2. The lowest BCUT2D eigenvalue weighted by molar-refractivity contribution is -0.131. The molecule has 0 radical (unpaired) electrons. The maximum atomic E-state index is 15.2. The van der Waals surface area contributed by atoms with Crippen molar-refractivity contribution in [3.05, 3.63) is 107 Å². The zero-order valence-electron chi connectivity index (χ0n) is 25.5. The largest absolute Gasteiger partial charge is 0.429 e. The van der Waals surface area contributed by atoms with E-state index in [1.54, 1.807) is 12.4 Å². The van der Waals surface area contributed by atoms with Crippen LogP contribution in [0.15, 0.2) is 60.9 Å². The van der Waals surface area contributed by atoms with E-state index >= 15 is 4.39 Å². The SMILES string of the molecule is CCCCCC1CCC(c2cnc(-c3ccc(-c4cc(F)c(C=CC(F)(F)Oc5cc(F)c(F)c(F)c5)c(F)c4)c(F)c3)nc2)CC1. The van der Waals surface area contributed by atoms with Crippen LogP contribution in [0.25, 0.3) is 28.6 Å². The Labute approximate surface area is 267 Å². The van der Waals surface area contributed by atoms with Gasteiger partial charge in [-0.25, -0.2) is 36.3 Å². The molecule has 1 aromatic heterocycles. The lowest BCUT2D eigenvalue weighted by Gasteiger charge is -2.28. The summed E-state index contributed by atoms with van der Waals surface area (Å²) in [5.41, 5.74) is 0.164. The van der Waals surface area contributed by atoms with Gasteiger partial charge in [0.1, 0.15) is 23.2 Å². The first-order valence-corrected chi connectivity index (χ1v) is 15.5. The topological polar surface area (TPSA) is 35.0 Å². The summed E-state index contributed by atoms with van der Waals surface area (Å²) in [6, 6.07) is 5.90. The molecule has 0 atom stereocenters. The van der Waals surface area contributed by atoms with Crippen molar-refractivity contribution in [3.63, 3.8) is 0 Å². The number of hydrogen-bond donors (Lipinski definition) is 0. The van der Waals surface area contributed by atoms with Gasteiger partial charge in [0.25, 0.3) is 0 Å². The van der Waals surface area contributed by atoms with Gasteiger partial charge in [0, 0.05) is 47.3 Å². The van der Waals surface area contributed by atoms with Gasteiger partial charge in [0.15, 0.2) is 23.3 Å². The van der Waals surface area contributed by atoms with Gasteiger partial charge in [0.2, 0.25) is 0 Å². The van der Waals surface area contributed by atoms with Gasteiger partial charge in [-0.3, -0.25) is 0 Å². The molecule has 3 nitrogen and oxygen atoms in total. The molecule has 11 heteroatoms. The minimum Gasteiger partial charge on any atom is -0.429 e. The molecule has 1 aliphatic rings. The molecule has 0 spiro atoms. The van der Waals surface area contributed by atoms with Gasteiger partial charge >= 0.3 is 6.11 Å². The lowest BCUT2D eigenvalue weighted by Crippen LogP contribution is -2.21. The Bertz CT molecular complexity index is 1690. The van der Waals surface area contributed by atoms with Crippen LogP contribution in [-0.4, -0.2) is 16.1 Å². The van der Waals surface area contributed by atoms with Crippen molar-refractivity contribution in [2.24, 2.45) is 5.92 Å². The van der Waals surface area contributed by atoms with Crippen LogP contribution in [0.5, 0.6) is 5.75 Å². The van der Waals surface area contributed by atoms with Gasteiger partial charge in [0.05, 0.1) is 0 Å². The molecule has 1 saturated carbocycles.